The van der Waals surface area contributed by atoms with Gasteiger partial charge < -0.3 is 5.32 Å². The number of halogens is 3. The van der Waals surface area contributed by atoms with Gasteiger partial charge in [0, 0.05) is 49.4 Å². The Bertz CT molecular complexity index is 549. The van der Waals surface area contributed by atoms with Crippen LogP contribution in [0.3, 0.4) is 0 Å². The summed E-state index contributed by atoms with van der Waals surface area (Å²) in [6, 6.07) is 4.69. The third-order valence-electron chi connectivity index (χ3n) is 3.68. The molecule has 1 aromatic carbocycles. The Morgan fingerprint density at radius 2 is 2.04 bits per heavy atom. The van der Waals surface area contributed by atoms with Gasteiger partial charge in [0.25, 0.3) is 5.69 Å². The summed E-state index contributed by atoms with van der Waals surface area (Å²) >= 11 is 6.30. The normalized spacial score (nSPS) is 15.9. The first-order valence-corrected chi connectivity index (χ1v) is 7.40. The van der Waals surface area contributed by atoms with Crippen molar-refractivity contribution in [3.05, 3.63) is 51.1 Å². The zero-order valence-corrected chi connectivity index (χ0v) is 15.3. The highest BCUT2D eigenvalue weighted by Crippen LogP contribution is 2.34. The number of hydrogen-bond donors (Lipinski definition) is 1. The van der Waals surface area contributed by atoms with Gasteiger partial charge in [0.05, 0.1) is 4.92 Å². The van der Waals surface area contributed by atoms with Crippen LogP contribution >= 0.6 is 36.4 Å². The smallest absolute Gasteiger partial charge is 0.269 e. The van der Waals surface area contributed by atoms with Crippen molar-refractivity contribution in [3.8, 4) is 0 Å². The van der Waals surface area contributed by atoms with E-state index in [2.05, 4.69) is 16.8 Å². The predicted molar refractivity (Wildman–Crippen MR) is 99.2 cm³/mol. The van der Waals surface area contributed by atoms with Gasteiger partial charge >= 0.3 is 0 Å². The Kier molecular flexibility index (Phi) is 9.73. The zero-order valence-electron chi connectivity index (χ0n) is 13.0. The topological polar surface area (TPSA) is 58.4 Å². The van der Waals surface area contributed by atoms with E-state index in [1.54, 1.807) is 12.1 Å². The first-order chi connectivity index (χ1) is 9.99. The number of nitro benzene ring substituents is 1. The van der Waals surface area contributed by atoms with Crippen LogP contribution in [0, 0.1) is 10.1 Å². The number of nitrogens with zero attached hydrogens (tertiary/aromatic N) is 2. The van der Waals surface area contributed by atoms with Gasteiger partial charge in [-0.3, -0.25) is 15.0 Å². The molecule has 1 aliphatic rings. The second-order valence-corrected chi connectivity index (χ2v) is 5.83. The van der Waals surface area contributed by atoms with E-state index in [-0.39, 0.29) is 41.5 Å². The third-order valence-corrected chi connectivity index (χ3v) is 4.03. The summed E-state index contributed by atoms with van der Waals surface area (Å²) in [5.41, 5.74) is 1.94. The van der Waals surface area contributed by atoms with Crippen molar-refractivity contribution in [1.29, 1.82) is 0 Å². The average molecular weight is 383 g/mol. The maximum Gasteiger partial charge on any atom is 0.269 e. The molecule has 1 fully saturated rings. The predicted octanol–water partition coefficient (Wildman–Crippen LogP) is 4.00. The molecule has 0 amide bonds. The second kappa shape index (κ2) is 10.1. The van der Waals surface area contributed by atoms with E-state index in [1.807, 2.05) is 6.92 Å². The fraction of sp³-hybridized carbons (Fsp3) is 0.467. The lowest BCUT2D eigenvalue weighted by atomic mass is 9.97. The molecular formula is C15H22Cl3N3O2. The number of non-ortho nitro benzene ring substituents is 1. The molecule has 1 N–H and O–H groups in total. The van der Waals surface area contributed by atoms with Gasteiger partial charge in [-0.05, 0) is 25.0 Å². The van der Waals surface area contributed by atoms with Gasteiger partial charge in [-0.25, -0.2) is 0 Å². The molecule has 0 aromatic heterocycles. The van der Waals surface area contributed by atoms with E-state index >= 15 is 0 Å². The van der Waals surface area contributed by atoms with Crippen molar-refractivity contribution in [3.63, 3.8) is 0 Å². The van der Waals surface area contributed by atoms with Crippen LogP contribution in [0.4, 0.5) is 5.69 Å². The molecule has 130 valence electrons. The summed E-state index contributed by atoms with van der Waals surface area (Å²) in [5, 5.41) is 14.9. The molecule has 1 heterocycles. The molecule has 0 radical (unpaired) electrons. The summed E-state index contributed by atoms with van der Waals surface area (Å²) < 4.78 is 0. The van der Waals surface area contributed by atoms with Crippen LogP contribution in [-0.2, 0) is 0 Å². The van der Waals surface area contributed by atoms with Gasteiger partial charge in [-0.2, -0.15) is 0 Å². The molecule has 0 unspecified atom stereocenters. The van der Waals surface area contributed by atoms with Crippen LogP contribution in [0.5, 0.6) is 0 Å². The summed E-state index contributed by atoms with van der Waals surface area (Å²) in [4.78, 5) is 12.9. The molecule has 0 spiro atoms. The van der Waals surface area contributed by atoms with Gasteiger partial charge in [-0.1, -0.05) is 17.2 Å². The highest BCUT2D eigenvalue weighted by Gasteiger charge is 2.25. The molecule has 0 saturated carbocycles. The van der Waals surface area contributed by atoms with Crippen molar-refractivity contribution in [2.45, 2.75) is 19.4 Å². The van der Waals surface area contributed by atoms with E-state index in [1.165, 1.54) is 6.07 Å². The Balaban J connectivity index is 0.00000242. The minimum atomic E-state index is -0.380. The minimum absolute atomic E-state index is 0. The summed E-state index contributed by atoms with van der Waals surface area (Å²) in [7, 11) is 0. The Hall–Kier alpha value is -0.850. The standard InChI is InChI=1S/C15H20ClN3O2.2ClH/c1-11(2)9-15(18-7-5-17-6-8-18)13-10-12(19(20)21)3-4-14(13)16;;/h3-4,10,15,17H,1,5-9H2,2H3;2*1H/t15-;;/m0../s1. The molecule has 0 bridgehead atoms. The molecule has 0 aliphatic carbocycles. The van der Waals surface area contributed by atoms with Crippen molar-refractivity contribution >= 4 is 42.1 Å². The van der Waals surface area contributed by atoms with Gasteiger partial charge in [0.15, 0.2) is 0 Å². The number of hydrogen-bond acceptors (Lipinski definition) is 4. The maximum absolute atomic E-state index is 11.0. The van der Waals surface area contributed by atoms with Crippen LogP contribution in [0.25, 0.3) is 0 Å². The fourth-order valence-corrected chi connectivity index (χ4v) is 2.90. The number of piperazine rings is 1. The van der Waals surface area contributed by atoms with E-state index < -0.39 is 0 Å². The number of benzene rings is 1. The van der Waals surface area contributed by atoms with Crippen molar-refractivity contribution in [1.82, 2.24) is 10.2 Å². The summed E-state index contributed by atoms with van der Waals surface area (Å²) in [6.45, 7) is 9.59. The molecule has 1 aliphatic heterocycles. The molecule has 1 aromatic rings. The lowest BCUT2D eigenvalue weighted by Crippen LogP contribution is -2.45. The second-order valence-electron chi connectivity index (χ2n) is 5.43. The van der Waals surface area contributed by atoms with Gasteiger partial charge in [0.1, 0.15) is 0 Å². The first-order valence-electron chi connectivity index (χ1n) is 7.02. The fourth-order valence-electron chi connectivity index (χ4n) is 2.66. The molecule has 1 atom stereocenters. The van der Waals surface area contributed by atoms with Gasteiger partial charge in [0.2, 0.25) is 0 Å². The number of nitrogens with one attached hydrogen (secondary N) is 1. The molecule has 5 nitrogen and oxygen atoms in total. The van der Waals surface area contributed by atoms with E-state index in [9.17, 15) is 10.1 Å². The lowest BCUT2D eigenvalue weighted by molar-refractivity contribution is -0.385. The van der Waals surface area contributed by atoms with Crippen LogP contribution in [-0.4, -0.2) is 36.0 Å². The summed E-state index contributed by atoms with van der Waals surface area (Å²) in [5.74, 6) is 0. The van der Waals surface area contributed by atoms with E-state index in [0.29, 0.717) is 5.02 Å². The van der Waals surface area contributed by atoms with E-state index in [0.717, 1.165) is 43.7 Å². The lowest BCUT2D eigenvalue weighted by Gasteiger charge is -2.35. The maximum atomic E-state index is 11.0. The third kappa shape index (κ3) is 5.94. The largest absolute Gasteiger partial charge is 0.314 e. The quantitative estimate of drug-likeness (QED) is 0.475. The molecule has 2 rings (SSSR count). The molecular weight excluding hydrogens is 361 g/mol. The van der Waals surface area contributed by atoms with E-state index in [4.69, 9.17) is 11.6 Å². The highest BCUT2D eigenvalue weighted by atomic mass is 35.5. The monoisotopic (exact) mass is 381 g/mol. The summed E-state index contributed by atoms with van der Waals surface area (Å²) in [6.07, 6.45) is 0.751. The Labute approximate surface area is 154 Å². The van der Waals surface area contributed by atoms with Crippen molar-refractivity contribution in [2.24, 2.45) is 0 Å². The Morgan fingerprint density at radius 1 is 1.43 bits per heavy atom. The number of nitro groups is 1. The molecule has 8 heteroatoms. The molecule has 23 heavy (non-hydrogen) atoms. The SMILES string of the molecule is C=C(C)C[C@@H](c1cc([N+](=O)[O-])ccc1Cl)N1CCNCC1.Cl.Cl. The highest BCUT2D eigenvalue weighted by molar-refractivity contribution is 6.31. The average Bonchev–Trinajstić information content (AvgIpc) is 2.46. The van der Waals surface area contributed by atoms with Gasteiger partial charge in [-0.15, -0.1) is 31.4 Å². The Morgan fingerprint density at radius 3 is 2.57 bits per heavy atom. The van der Waals surface area contributed by atoms with Crippen LogP contribution in [0.2, 0.25) is 5.02 Å². The van der Waals surface area contributed by atoms with Crippen molar-refractivity contribution < 1.29 is 4.92 Å². The number of rotatable bonds is 5. The van der Waals surface area contributed by atoms with Crippen molar-refractivity contribution in [2.75, 3.05) is 26.2 Å². The zero-order chi connectivity index (χ0) is 15.4. The first kappa shape index (κ1) is 22.1. The van der Waals surface area contributed by atoms with Crippen LogP contribution in [0.15, 0.2) is 30.4 Å². The minimum Gasteiger partial charge on any atom is -0.314 e. The van der Waals surface area contributed by atoms with Crippen LogP contribution < -0.4 is 5.32 Å². The molecule has 1 saturated heterocycles. The van der Waals surface area contributed by atoms with Crippen LogP contribution in [0.1, 0.15) is 24.9 Å².